The number of rotatable bonds is 5. The number of aliphatic hydroxyl groups is 1. The van der Waals surface area contributed by atoms with Gasteiger partial charge < -0.3 is 24.5 Å². The van der Waals surface area contributed by atoms with Crippen molar-refractivity contribution in [2.75, 3.05) is 33.4 Å². The van der Waals surface area contributed by atoms with Gasteiger partial charge in [0.2, 0.25) is 0 Å². The van der Waals surface area contributed by atoms with Crippen molar-refractivity contribution in [3.05, 3.63) is 77.4 Å². The van der Waals surface area contributed by atoms with E-state index in [4.69, 9.17) is 4.74 Å². The van der Waals surface area contributed by atoms with E-state index in [1.165, 1.54) is 14.7 Å². The molecule has 1 fully saturated rings. The van der Waals surface area contributed by atoms with E-state index in [2.05, 4.69) is 0 Å². The fourth-order valence-electron chi connectivity index (χ4n) is 5.27. The average molecular weight is 546 g/mol. The number of likely N-dealkylation sites (tertiary alicyclic amines) is 1. The molecule has 1 saturated heterocycles. The van der Waals surface area contributed by atoms with Crippen LogP contribution in [0, 0.1) is 11.6 Å². The number of likely N-dealkylation sites (N-methyl/N-ethyl adjacent to an activating group) is 1. The zero-order valence-corrected chi connectivity index (χ0v) is 22.5. The van der Waals surface area contributed by atoms with Gasteiger partial charge in [-0.2, -0.15) is 0 Å². The molecule has 0 radical (unpaired) electrons. The monoisotopic (exact) mass is 545 g/mol. The van der Waals surface area contributed by atoms with Gasteiger partial charge in [0.25, 0.3) is 0 Å². The van der Waals surface area contributed by atoms with E-state index in [1.807, 2.05) is 0 Å². The maximum Gasteiger partial charge on any atom is 0.410 e. The van der Waals surface area contributed by atoms with Crippen molar-refractivity contribution in [2.24, 2.45) is 0 Å². The summed E-state index contributed by atoms with van der Waals surface area (Å²) in [6.45, 7) is 3.81. The molecule has 0 unspecified atom stereocenters. The smallest absolute Gasteiger partial charge is 0.410 e. The summed E-state index contributed by atoms with van der Waals surface area (Å²) in [7, 11) is 1.55. The highest BCUT2D eigenvalue weighted by molar-refractivity contribution is 5.84. The Morgan fingerprint density at radius 2 is 1.85 bits per heavy atom. The summed E-state index contributed by atoms with van der Waals surface area (Å²) >= 11 is 0. The minimum atomic E-state index is -1.36. The van der Waals surface area contributed by atoms with Crippen LogP contribution in [0.2, 0.25) is 0 Å². The lowest BCUT2D eigenvalue weighted by atomic mass is 9.89. The highest BCUT2D eigenvalue weighted by atomic mass is 19.1. The van der Waals surface area contributed by atoms with Crippen molar-refractivity contribution in [1.82, 2.24) is 14.7 Å². The van der Waals surface area contributed by atoms with Crippen molar-refractivity contribution in [3.8, 4) is 0 Å². The van der Waals surface area contributed by atoms with E-state index >= 15 is 0 Å². The van der Waals surface area contributed by atoms with Crippen LogP contribution < -0.4 is 0 Å². The normalized spacial score (nSPS) is 23.1. The molecule has 3 atom stereocenters. The van der Waals surface area contributed by atoms with E-state index < -0.39 is 60.3 Å². The quantitative estimate of drug-likeness (QED) is 0.577. The van der Waals surface area contributed by atoms with Crippen LogP contribution in [0.1, 0.15) is 38.3 Å². The first-order chi connectivity index (χ1) is 18.4. The summed E-state index contributed by atoms with van der Waals surface area (Å²) in [5.41, 5.74) is -1.20. The number of alkyl halides is 1. The molecule has 39 heavy (non-hydrogen) atoms. The number of urea groups is 1. The van der Waals surface area contributed by atoms with Crippen LogP contribution in [-0.2, 0) is 10.3 Å². The molecule has 2 heterocycles. The van der Waals surface area contributed by atoms with Crippen molar-refractivity contribution in [3.63, 3.8) is 0 Å². The second-order valence-corrected chi connectivity index (χ2v) is 11.1. The zero-order chi connectivity index (χ0) is 28.5. The van der Waals surface area contributed by atoms with Crippen LogP contribution in [-0.4, -0.2) is 83.0 Å². The van der Waals surface area contributed by atoms with Crippen LogP contribution >= 0.6 is 0 Å². The lowest BCUT2D eigenvalue weighted by Crippen LogP contribution is -2.54. The number of amides is 3. The summed E-state index contributed by atoms with van der Waals surface area (Å²) in [6.07, 6.45) is 1.13. The van der Waals surface area contributed by atoms with Crippen molar-refractivity contribution in [2.45, 2.75) is 50.4 Å². The number of nitrogens with zero attached hydrogens (tertiary/aromatic N) is 3. The van der Waals surface area contributed by atoms with Crippen molar-refractivity contribution in [1.29, 1.82) is 0 Å². The van der Waals surface area contributed by atoms with Crippen LogP contribution in [0.4, 0.5) is 22.8 Å². The van der Waals surface area contributed by atoms with Crippen molar-refractivity contribution >= 4 is 17.7 Å². The number of carbonyl (C=O) groups is 2. The summed E-state index contributed by atoms with van der Waals surface area (Å²) in [4.78, 5) is 30.9. The van der Waals surface area contributed by atoms with Gasteiger partial charge in [-0.05, 0) is 62.6 Å². The fourth-order valence-corrected chi connectivity index (χ4v) is 5.27. The number of ether oxygens (including phenoxy) is 1. The number of benzene rings is 2. The molecule has 10 heteroatoms. The molecule has 0 aromatic heterocycles. The predicted octanol–water partition coefficient (Wildman–Crippen LogP) is 4.95. The minimum Gasteiger partial charge on any atom is -0.444 e. The molecule has 0 bridgehead atoms. The van der Waals surface area contributed by atoms with Gasteiger partial charge in [0.1, 0.15) is 29.4 Å². The number of halogens is 3. The molecule has 210 valence electrons. The average Bonchev–Trinajstić information content (AvgIpc) is 3.52. The molecule has 2 aromatic carbocycles. The molecule has 0 saturated carbocycles. The second kappa shape index (κ2) is 10.9. The van der Waals surface area contributed by atoms with E-state index in [0.717, 1.165) is 18.2 Å². The molecule has 4 rings (SSSR count). The van der Waals surface area contributed by atoms with Crippen LogP contribution in [0.5, 0.6) is 0 Å². The number of hydrogen-bond acceptors (Lipinski definition) is 4. The Kier molecular flexibility index (Phi) is 7.97. The summed E-state index contributed by atoms with van der Waals surface area (Å²) < 4.78 is 48.2. The topological polar surface area (TPSA) is 73.3 Å². The Labute approximate surface area is 226 Å². The molecule has 0 aliphatic carbocycles. The third-order valence-electron chi connectivity index (χ3n) is 7.29. The highest BCUT2D eigenvalue weighted by Gasteiger charge is 2.48. The molecule has 7 nitrogen and oxygen atoms in total. The maximum absolute atomic E-state index is 14.8. The van der Waals surface area contributed by atoms with E-state index in [0.29, 0.717) is 11.1 Å². The van der Waals surface area contributed by atoms with Gasteiger partial charge in [0.15, 0.2) is 0 Å². The minimum absolute atomic E-state index is 0.00355. The molecule has 2 aromatic rings. The second-order valence-electron chi connectivity index (χ2n) is 11.1. The lowest BCUT2D eigenvalue weighted by Gasteiger charge is -2.40. The van der Waals surface area contributed by atoms with Gasteiger partial charge in [0, 0.05) is 25.7 Å². The van der Waals surface area contributed by atoms with E-state index in [9.17, 15) is 27.9 Å². The van der Waals surface area contributed by atoms with Gasteiger partial charge in [-0.3, -0.25) is 0 Å². The van der Waals surface area contributed by atoms with Crippen LogP contribution in [0.25, 0.3) is 5.57 Å². The molecule has 3 amide bonds. The molecule has 2 aliphatic heterocycles. The summed E-state index contributed by atoms with van der Waals surface area (Å²) in [5.74, 6) is -1.28. The molecule has 0 spiro atoms. The van der Waals surface area contributed by atoms with Crippen LogP contribution in [0.3, 0.4) is 0 Å². The fraction of sp³-hybridized carbons (Fsp3) is 0.448. The van der Waals surface area contributed by atoms with Crippen molar-refractivity contribution < 1.29 is 32.6 Å². The first-order valence-electron chi connectivity index (χ1n) is 12.8. The number of hydrogen-bond donors (Lipinski definition) is 1. The van der Waals surface area contributed by atoms with Gasteiger partial charge in [0.05, 0.1) is 18.7 Å². The zero-order valence-electron chi connectivity index (χ0n) is 22.5. The first-order valence-corrected chi connectivity index (χ1v) is 12.8. The molecule has 1 N–H and O–H groups in total. The Morgan fingerprint density at radius 1 is 1.15 bits per heavy atom. The Bertz CT molecular complexity index is 1250. The number of carbonyl (C=O) groups excluding carboxylic acids is 2. The third-order valence-corrected chi connectivity index (χ3v) is 7.29. The van der Waals surface area contributed by atoms with Gasteiger partial charge in [-0.1, -0.05) is 30.3 Å². The SMILES string of the molecule is CN(C(=O)N1CC(c2cc(F)ccc2F)=C[C@@]1(CO)c1ccccc1)[C@H]1C[C@@H](CF)N(C(=O)OC(C)(C)C)C1. The number of aliphatic hydroxyl groups excluding tert-OH is 1. The Morgan fingerprint density at radius 3 is 2.46 bits per heavy atom. The van der Waals surface area contributed by atoms with Gasteiger partial charge >= 0.3 is 12.1 Å². The molecular weight excluding hydrogens is 511 g/mol. The summed E-state index contributed by atoms with van der Waals surface area (Å²) in [6, 6.07) is 10.1. The Balaban J connectivity index is 1.66. The highest BCUT2D eigenvalue weighted by Crippen LogP contribution is 2.41. The summed E-state index contributed by atoms with van der Waals surface area (Å²) in [5, 5.41) is 10.7. The maximum atomic E-state index is 14.8. The lowest BCUT2D eigenvalue weighted by molar-refractivity contribution is 0.0198. The molecule has 2 aliphatic rings. The van der Waals surface area contributed by atoms with E-state index in [1.54, 1.807) is 64.2 Å². The van der Waals surface area contributed by atoms with Gasteiger partial charge in [-0.25, -0.2) is 22.8 Å². The third kappa shape index (κ3) is 5.61. The standard InChI is InChI=1S/C29H34F3N3O4/c1-28(2,3)39-27(38)34-17-23(13-22(34)15-30)33(4)26(37)35-16-19(24-12-21(31)10-11-25(24)32)14-29(35,18-36)20-8-6-5-7-9-20/h5-12,14,22-23,36H,13,15-18H2,1-4H3/t22-,23-,29+/m0/s1. The molecular formula is C29H34F3N3O4. The Hall–Kier alpha value is -3.53. The predicted molar refractivity (Wildman–Crippen MR) is 141 cm³/mol. The van der Waals surface area contributed by atoms with E-state index in [-0.39, 0.29) is 25.1 Å². The van der Waals surface area contributed by atoms with Crippen LogP contribution in [0.15, 0.2) is 54.6 Å². The first kappa shape index (κ1) is 28.5. The van der Waals surface area contributed by atoms with Gasteiger partial charge in [-0.15, -0.1) is 0 Å². The largest absolute Gasteiger partial charge is 0.444 e.